The summed E-state index contributed by atoms with van der Waals surface area (Å²) in [7, 11) is 1.67. The van der Waals surface area contributed by atoms with E-state index < -0.39 is 0 Å². The maximum absolute atomic E-state index is 5.61. The van der Waals surface area contributed by atoms with Gasteiger partial charge in [-0.25, -0.2) is 0 Å². The second-order valence-corrected chi connectivity index (χ2v) is 4.25. The predicted octanol–water partition coefficient (Wildman–Crippen LogP) is 3.31. The fraction of sp³-hybridized carbons (Fsp3) is 0.455. The van der Waals surface area contributed by atoms with Gasteiger partial charge in [0, 0.05) is 6.61 Å². The number of ether oxygens (including phenoxy) is 2. The Morgan fingerprint density at radius 2 is 2.36 bits per heavy atom. The van der Waals surface area contributed by atoms with Crippen molar-refractivity contribution in [2.45, 2.75) is 18.9 Å². The van der Waals surface area contributed by atoms with Gasteiger partial charge in [0.05, 0.1) is 17.7 Å². The quantitative estimate of drug-likeness (QED) is 0.809. The first kappa shape index (κ1) is 9.99. The van der Waals surface area contributed by atoms with Crippen LogP contribution < -0.4 is 4.74 Å². The van der Waals surface area contributed by atoms with E-state index in [0.29, 0.717) is 0 Å². The molecule has 1 heterocycles. The van der Waals surface area contributed by atoms with Crippen molar-refractivity contribution < 1.29 is 9.47 Å². The highest BCUT2D eigenvalue weighted by Gasteiger charge is 2.18. The SMILES string of the molecule is COc1ccc(C2CCCO2)cc1Br. The van der Waals surface area contributed by atoms with Gasteiger partial charge in [-0.3, -0.25) is 0 Å². The molecule has 14 heavy (non-hydrogen) atoms. The molecular formula is C11H13BrO2. The van der Waals surface area contributed by atoms with Crippen LogP contribution in [-0.4, -0.2) is 13.7 Å². The zero-order valence-electron chi connectivity index (χ0n) is 8.13. The summed E-state index contributed by atoms with van der Waals surface area (Å²) in [6.07, 6.45) is 2.56. The number of methoxy groups -OCH3 is 1. The Balaban J connectivity index is 2.23. The second-order valence-electron chi connectivity index (χ2n) is 3.40. The van der Waals surface area contributed by atoms with E-state index in [1.165, 1.54) is 5.56 Å². The minimum absolute atomic E-state index is 0.275. The molecule has 1 aromatic rings. The predicted molar refractivity (Wildman–Crippen MR) is 58.6 cm³/mol. The fourth-order valence-corrected chi connectivity index (χ4v) is 2.28. The lowest BCUT2D eigenvalue weighted by Gasteiger charge is -2.11. The average Bonchev–Trinajstić information content (AvgIpc) is 2.70. The molecule has 1 aliphatic rings. The minimum atomic E-state index is 0.275. The average molecular weight is 257 g/mol. The molecule has 1 fully saturated rings. The van der Waals surface area contributed by atoms with E-state index in [1.807, 2.05) is 6.07 Å². The van der Waals surface area contributed by atoms with E-state index in [1.54, 1.807) is 7.11 Å². The third-order valence-electron chi connectivity index (χ3n) is 2.48. The summed E-state index contributed by atoms with van der Waals surface area (Å²) in [5.74, 6) is 0.867. The van der Waals surface area contributed by atoms with Crippen LogP contribution >= 0.6 is 15.9 Å². The lowest BCUT2D eigenvalue weighted by molar-refractivity contribution is 0.112. The highest BCUT2D eigenvalue weighted by molar-refractivity contribution is 9.10. The van der Waals surface area contributed by atoms with Crippen molar-refractivity contribution in [2.24, 2.45) is 0 Å². The summed E-state index contributed by atoms with van der Waals surface area (Å²) in [5.41, 5.74) is 1.23. The zero-order chi connectivity index (χ0) is 9.97. The van der Waals surface area contributed by atoms with Crippen LogP contribution in [0.1, 0.15) is 24.5 Å². The topological polar surface area (TPSA) is 18.5 Å². The molecule has 0 spiro atoms. The van der Waals surface area contributed by atoms with Gasteiger partial charge in [0.25, 0.3) is 0 Å². The highest BCUT2D eigenvalue weighted by atomic mass is 79.9. The fourth-order valence-electron chi connectivity index (χ4n) is 1.72. The Hall–Kier alpha value is -0.540. The first-order valence-corrected chi connectivity index (χ1v) is 5.55. The maximum Gasteiger partial charge on any atom is 0.133 e. The van der Waals surface area contributed by atoms with E-state index in [4.69, 9.17) is 9.47 Å². The number of hydrogen-bond acceptors (Lipinski definition) is 2. The van der Waals surface area contributed by atoms with Crippen LogP contribution in [0, 0.1) is 0 Å². The molecule has 0 radical (unpaired) electrons. The van der Waals surface area contributed by atoms with Crippen LogP contribution in [0.15, 0.2) is 22.7 Å². The first-order valence-electron chi connectivity index (χ1n) is 4.76. The third kappa shape index (κ3) is 1.93. The van der Waals surface area contributed by atoms with Crippen molar-refractivity contribution in [1.82, 2.24) is 0 Å². The molecule has 0 bridgehead atoms. The van der Waals surface area contributed by atoms with Crippen LogP contribution in [0.5, 0.6) is 5.75 Å². The van der Waals surface area contributed by atoms with Gasteiger partial charge in [0.15, 0.2) is 0 Å². The Morgan fingerprint density at radius 1 is 1.50 bits per heavy atom. The zero-order valence-corrected chi connectivity index (χ0v) is 9.71. The minimum Gasteiger partial charge on any atom is -0.496 e. The molecular weight excluding hydrogens is 244 g/mol. The standard InChI is InChI=1S/C11H13BrO2/c1-13-11-5-4-8(7-9(11)12)10-3-2-6-14-10/h4-5,7,10H,2-3,6H2,1H3. The molecule has 0 amide bonds. The molecule has 76 valence electrons. The highest BCUT2D eigenvalue weighted by Crippen LogP contribution is 2.33. The normalized spacial score (nSPS) is 21.1. The van der Waals surface area contributed by atoms with Crippen LogP contribution in [0.4, 0.5) is 0 Å². The van der Waals surface area contributed by atoms with E-state index in [-0.39, 0.29) is 6.10 Å². The lowest BCUT2D eigenvalue weighted by Crippen LogP contribution is -1.96. The van der Waals surface area contributed by atoms with E-state index in [9.17, 15) is 0 Å². The molecule has 2 rings (SSSR count). The van der Waals surface area contributed by atoms with Crippen molar-refractivity contribution in [1.29, 1.82) is 0 Å². The second kappa shape index (κ2) is 4.32. The molecule has 1 aromatic carbocycles. The van der Waals surface area contributed by atoms with Crippen molar-refractivity contribution >= 4 is 15.9 Å². The van der Waals surface area contributed by atoms with Crippen molar-refractivity contribution in [2.75, 3.05) is 13.7 Å². The summed E-state index contributed by atoms with van der Waals surface area (Å²) in [5, 5.41) is 0. The molecule has 0 N–H and O–H groups in total. The molecule has 0 aromatic heterocycles. The Morgan fingerprint density at radius 3 is 2.93 bits per heavy atom. The molecule has 0 aliphatic carbocycles. The molecule has 1 saturated heterocycles. The van der Waals surface area contributed by atoms with Gasteiger partial charge in [-0.15, -0.1) is 0 Å². The number of hydrogen-bond donors (Lipinski definition) is 0. The van der Waals surface area contributed by atoms with Crippen LogP contribution in [0.3, 0.4) is 0 Å². The number of halogens is 1. The molecule has 1 aliphatic heterocycles. The Kier molecular flexibility index (Phi) is 3.08. The van der Waals surface area contributed by atoms with Crippen molar-refractivity contribution in [3.05, 3.63) is 28.2 Å². The lowest BCUT2D eigenvalue weighted by atomic mass is 10.1. The summed E-state index contributed by atoms with van der Waals surface area (Å²) in [6.45, 7) is 0.883. The van der Waals surface area contributed by atoms with Gasteiger partial charge < -0.3 is 9.47 Å². The van der Waals surface area contributed by atoms with Gasteiger partial charge >= 0.3 is 0 Å². The molecule has 1 atom stereocenters. The Labute approximate surface area is 92.3 Å². The summed E-state index contributed by atoms with van der Waals surface area (Å²) in [4.78, 5) is 0. The van der Waals surface area contributed by atoms with Crippen LogP contribution in [-0.2, 0) is 4.74 Å². The van der Waals surface area contributed by atoms with Gasteiger partial charge in [0.1, 0.15) is 5.75 Å². The largest absolute Gasteiger partial charge is 0.496 e. The molecule has 0 saturated carbocycles. The Bertz CT molecular complexity index is 319. The molecule has 2 nitrogen and oxygen atoms in total. The summed E-state index contributed by atoms with van der Waals surface area (Å²) >= 11 is 3.47. The first-order chi connectivity index (χ1) is 6.81. The van der Waals surface area contributed by atoms with Crippen molar-refractivity contribution in [3.8, 4) is 5.75 Å². The van der Waals surface area contributed by atoms with E-state index in [2.05, 4.69) is 28.1 Å². The van der Waals surface area contributed by atoms with E-state index >= 15 is 0 Å². The van der Waals surface area contributed by atoms with Crippen molar-refractivity contribution in [3.63, 3.8) is 0 Å². The third-order valence-corrected chi connectivity index (χ3v) is 3.10. The van der Waals surface area contributed by atoms with Gasteiger partial charge in [-0.2, -0.15) is 0 Å². The monoisotopic (exact) mass is 256 g/mol. The summed E-state index contributed by atoms with van der Waals surface area (Å²) < 4.78 is 11.8. The number of benzene rings is 1. The van der Waals surface area contributed by atoms with Gasteiger partial charge in [0.2, 0.25) is 0 Å². The van der Waals surface area contributed by atoms with Gasteiger partial charge in [-0.05, 0) is 46.5 Å². The van der Waals surface area contributed by atoms with E-state index in [0.717, 1.165) is 29.7 Å². The molecule has 3 heteroatoms. The summed E-state index contributed by atoms with van der Waals surface area (Å²) in [6, 6.07) is 6.12. The maximum atomic E-state index is 5.61. The number of rotatable bonds is 2. The smallest absolute Gasteiger partial charge is 0.133 e. The van der Waals surface area contributed by atoms with Crippen LogP contribution in [0.25, 0.3) is 0 Å². The molecule has 1 unspecified atom stereocenters. The van der Waals surface area contributed by atoms with Gasteiger partial charge in [-0.1, -0.05) is 6.07 Å². The van der Waals surface area contributed by atoms with Crippen LogP contribution in [0.2, 0.25) is 0 Å².